The first kappa shape index (κ1) is 23.1. The fraction of sp³-hybridized carbons (Fsp3) is 0.160. The minimum Gasteiger partial charge on any atom is -0.478 e. The van der Waals surface area contributed by atoms with E-state index in [2.05, 4.69) is 10.6 Å². The molecule has 6 nitrogen and oxygen atoms in total. The minimum absolute atomic E-state index is 0.0628. The number of carboxylic acid groups (broad SMARTS) is 1. The average Bonchev–Trinajstić information content (AvgIpc) is 2.75. The van der Waals surface area contributed by atoms with Gasteiger partial charge >= 0.3 is 5.97 Å². The number of thioether (sulfide) groups is 1. The summed E-state index contributed by atoms with van der Waals surface area (Å²) in [6, 6.07) is 19.0. The molecule has 2 amide bonds. The first-order chi connectivity index (χ1) is 15.2. The summed E-state index contributed by atoms with van der Waals surface area (Å²) in [6.45, 7) is 5.77. The lowest BCUT2D eigenvalue weighted by molar-refractivity contribution is -0.115. The maximum Gasteiger partial charge on any atom is 0.336 e. The van der Waals surface area contributed by atoms with Crippen LogP contribution < -0.4 is 10.6 Å². The van der Waals surface area contributed by atoms with Crippen LogP contribution in [0, 0.1) is 13.8 Å². The molecule has 3 aromatic rings. The van der Waals surface area contributed by atoms with Crippen molar-refractivity contribution in [3.63, 3.8) is 0 Å². The van der Waals surface area contributed by atoms with Gasteiger partial charge in [0.05, 0.1) is 16.4 Å². The van der Waals surface area contributed by atoms with E-state index in [1.54, 1.807) is 30.3 Å². The lowest BCUT2D eigenvalue weighted by atomic mass is 10.1. The Labute approximate surface area is 191 Å². The number of hydrogen-bond donors (Lipinski definition) is 3. The molecule has 0 radical (unpaired) electrons. The van der Waals surface area contributed by atoms with Crippen LogP contribution >= 0.6 is 11.8 Å². The molecule has 0 heterocycles. The van der Waals surface area contributed by atoms with Gasteiger partial charge in [-0.15, -0.1) is 11.8 Å². The van der Waals surface area contributed by atoms with Crippen LogP contribution in [0.1, 0.15) is 38.8 Å². The normalized spacial score (nSPS) is 11.5. The van der Waals surface area contributed by atoms with Crippen molar-refractivity contribution in [2.45, 2.75) is 30.9 Å². The molecule has 0 bridgehead atoms. The van der Waals surface area contributed by atoms with Gasteiger partial charge in [-0.2, -0.15) is 0 Å². The summed E-state index contributed by atoms with van der Waals surface area (Å²) in [7, 11) is 0. The van der Waals surface area contributed by atoms with Crippen LogP contribution in [0.2, 0.25) is 0 Å². The Morgan fingerprint density at radius 3 is 2.28 bits per heavy atom. The summed E-state index contributed by atoms with van der Waals surface area (Å²) in [6.07, 6.45) is 0. The van der Waals surface area contributed by atoms with E-state index >= 15 is 0 Å². The predicted molar refractivity (Wildman–Crippen MR) is 128 cm³/mol. The highest BCUT2D eigenvalue weighted by Gasteiger charge is 2.18. The number of aromatic carboxylic acids is 1. The number of nitrogens with one attached hydrogen (secondary N) is 2. The maximum atomic E-state index is 12.6. The molecule has 0 fully saturated rings. The van der Waals surface area contributed by atoms with Gasteiger partial charge in [-0.25, -0.2) is 4.79 Å². The van der Waals surface area contributed by atoms with Gasteiger partial charge in [-0.1, -0.05) is 35.9 Å². The zero-order valence-electron chi connectivity index (χ0n) is 18.0. The van der Waals surface area contributed by atoms with E-state index in [9.17, 15) is 19.5 Å². The SMILES string of the molecule is Cc1ccc(NC(=O)C(C)Sc2cccc(NC(=O)c3ccccc3C(=O)O)c2)c(C)c1. The first-order valence-corrected chi connectivity index (χ1v) is 10.9. The molecule has 3 N–H and O–H groups in total. The highest BCUT2D eigenvalue weighted by atomic mass is 32.2. The van der Waals surface area contributed by atoms with E-state index < -0.39 is 11.9 Å². The number of carboxylic acids is 1. The van der Waals surface area contributed by atoms with Crippen molar-refractivity contribution in [3.8, 4) is 0 Å². The van der Waals surface area contributed by atoms with Gasteiger partial charge in [-0.05, 0) is 62.7 Å². The molecule has 164 valence electrons. The monoisotopic (exact) mass is 448 g/mol. The first-order valence-electron chi connectivity index (χ1n) is 10.0. The average molecular weight is 449 g/mol. The fourth-order valence-corrected chi connectivity index (χ4v) is 4.09. The van der Waals surface area contributed by atoms with Crippen LogP contribution in [0.15, 0.2) is 71.6 Å². The van der Waals surface area contributed by atoms with Gasteiger partial charge in [-0.3, -0.25) is 9.59 Å². The Morgan fingerprint density at radius 1 is 0.875 bits per heavy atom. The van der Waals surface area contributed by atoms with Gasteiger partial charge < -0.3 is 15.7 Å². The van der Waals surface area contributed by atoms with Crippen LogP contribution in [-0.2, 0) is 4.79 Å². The van der Waals surface area contributed by atoms with Crippen molar-refractivity contribution in [3.05, 3.63) is 89.0 Å². The van der Waals surface area contributed by atoms with Gasteiger partial charge in [0.15, 0.2) is 0 Å². The van der Waals surface area contributed by atoms with E-state index in [1.165, 1.54) is 23.9 Å². The molecule has 3 aromatic carbocycles. The quantitative estimate of drug-likeness (QED) is 0.422. The predicted octanol–water partition coefficient (Wildman–Crippen LogP) is 5.37. The molecule has 0 aliphatic rings. The van der Waals surface area contributed by atoms with Gasteiger partial charge in [0.25, 0.3) is 5.91 Å². The third-order valence-corrected chi connectivity index (χ3v) is 5.91. The maximum absolute atomic E-state index is 12.6. The Hall–Kier alpha value is -3.58. The van der Waals surface area contributed by atoms with Gasteiger partial charge in [0, 0.05) is 16.3 Å². The second-order valence-corrected chi connectivity index (χ2v) is 8.81. The Morgan fingerprint density at radius 2 is 1.59 bits per heavy atom. The highest BCUT2D eigenvalue weighted by Crippen LogP contribution is 2.27. The largest absolute Gasteiger partial charge is 0.478 e. The fourth-order valence-electron chi connectivity index (χ4n) is 3.16. The molecule has 32 heavy (non-hydrogen) atoms. The third kappa shape index (κ3) is 5.76. The zero-order chi connectivity index (χ0) is 23.3. The topological polar surface area (TPSA) is 95.5 Å². The molecule has 1 atom stereocenters. The molecule has 0 spiro atoms. The molecular weight excluding hydrogens is 424 g/mol. The summed E-state index contributed by atoms with van der Waals surface area (Å²) in [5.74, 6) is -1.79. The molecule has 0 aromatic heterocycles. The van der Waals surface area contributed by atoms with E-state index in [1.807, 2.05) is 45.0 Å². The summed E-state index contributed by atoms with van der Waals surface area (Å²) in [5.41, 5.74) is 3.45. The number of hydrogen-bond acceptors (Lipinski definition) is 4. The Balaban J connectivity index is 1.67. The van der Waals surface area contributed by atoms with E-state index in [0.717, 1.165) is 21.7 Å². The lowest BCUT2D eigenvalue weighted by Gasteiger charge is -2.15. The number of anilines is 2. The van der Waals surface area contributed by atoms with Gasteiger partial charge in [0.1, 0.15) is 0 Å². The molecule has 3 rings (SSSR count). The van der Waals surface area contributed by atoms with Crippen LogP contribution in [0.3, 0.4) is 0 Å². The summed E-state index contributed by atoms with van der Waals surface area (Å²) in [5, 5.41) is 14.6. The highest BCUT2D eigenvalue weighted by molar-refractivity contribution is 8.00. The molecular formula is C25H24N2O4S. The number of carbonyl (C=O) groups is 3. The van der Waals surface area contributed by atoms with Crippen molar-refractivity contribution >= 4 is 40.9 Å². The zero-order valence-corrected chi connectivity index (χ0v) is 18.8. The number of rotatable bonds is 7. The molecule has 0 aliphatic carbocycles. The number of carbonyl (C=O) groups excluding carboxylic acids is 2. The third-order valence-electron chi connectivity index (χ3n) is 4.82. The summed E-state index contributed by atoms with van der Waals surface area (Å²) in [4.78, 5) is 37.4. The molecule has 1 unspecified atom stereocenters. The van der Waals surface area contributed by atoms with Crippen LogP contribution in [0.25, 0.3) is 0 Å². The van der Waals surface area contributed by atoms with E-state index in [0.29, 0.717) is 5.69 Å². The Bertz CT molecular complexity index is 1180. The summed E-state index contributed by atoms with van der Waals surface area (Å²) < 4.78 is 0. The second kappa shape index (κ2) is 10.2. The standard InChI is InChI=1S/C25H24N2O4S/c1-15-11-12-22(16(2)13-15)27-23(28)17(3)32-19-8-6-7-18(14-19)26-24(29)20-9-4-5-10-21(20)25(30)31/h4-14,17H,1-3H3,(H,26,29)(H,27,28)(H,30,31). The van der Waals surface area contributed by atoms with Crippen LogP contribution in [0.5, 0.6) is 0 Å². The number of aryl methyl sites for hydroxylation is 2. The van der Waals surface area contributed by atoms with Crippen molar-refractivity contribution in [1.29, 1.82) is 0 Å². The van der Waals surface area contributed by atoms with Crippen molar-refractivity contribution < 1.29 is 19.5 Å². The molecule has 0 saturated heterocycles. The van der Waals surface area contributed by atoms with Crippen LogP contribution in [0.4, 0.5) is 11.4 Å². The Kier molecular flexibility index (Phi) is 7.33. The summed E-state index contributed by atoms with van der Waals surface area (Å²) >= 11 is 1.37. The van der Waals surface area contributed by atoms with E-state index in [-0.39, 0.29) is 22.3 Å². The number of amides is 2. The molecule has 0 aliphatic heterocycles. The second-order valence-electron chi connectivity index (χ2n) is 7.40. The minimum atomic E-state index is -1.16. The van der Waals surface area contributed by atoms with Crippen molar-refractivity contribution in [2.24, 2.45) is 0 Å². The van der Waals surface area contributed by atoms with Crippen molar-refractivity contribution in [1.82, 2.24) is 0 Å². The molecule has 0 saturated carbocycles. The van der Waals surface area contributed by atoms with Gasteiger partial charge in [0.2, 0.25) is 5.91 Å². The molecule has 7 heteroatoms. The van der Waals surface area contributed by atoms with E-state index in [4.69, 9.17) is 0 Å². The van der Waals surface area contributed by atoms with Crippen molar-refractivity contribution in [2.75, 3.05) is 10.6 Å². The lowest BCUT2D eigenvalue weighted by Crippen LogP contribution is -2.22. The van der Waals surface area contributed by atoms with Crippen LogP contribution in [-0.4, -0.2) is 28.1 Å². The number of benzene rings is 3. The smallest absolute Gasteiger partial charge is 0.336 e.